The van der Waals surface area contributed by atoms with E-state index in [1.54, 1.807) is 12.1 Å². The Morgan fingerprint density at radius 3 is 1.97 bits per heavy atom. The maximum Gasteiger partial charge on any atom is 0.416 e. The van der Waals surface area contributed by atoms with Gasteiger partial charge in [0.05, 0.1) is 22.5 Å². The van der Waals surface area contributed by atoms with Gasteiger partial charge in [0, 0.05) is 17.5 Å². The van der Waals surface area contributed by atoms with Crippen molar-refractivity contribution in [3.8, 4) is 6.07 Å². The molecule has 152 valence electrons. The number of alkyl halides is 3. The molecule has 1 amide bonds. The van der Waals surface area contributed by atoms with Crippen LogP contribution in [0.1, 0.15) is 38.8 Å². The Morgan fingerprint density at radius 2 is 1.55 bits per heavy atom. The van der Waals surface area contributed by atoms with E-state index in [9.17, 15) is 23.2 Å². The normalized spacial score (nSPS) is 46.6. The summed E-state index contributed by atoms with van der Waals surface area (Å²) in [5.74, 6) is 1.26. The predicted octanol–water partition coefficient (Wildman–Crippen LogP) is 4.23. The van der Waals surface area contributed by atoms with Crippen LogP contribution >= 0.6 is 0 Å². The molecule has 0 spiro atoms. The van der Waals surface area contributed by atoms with Crippen LogP contribution in [-0.2, 0) is 16.4 Å². The van der Waals surface area contributed by atoms with Crippen molar-refractivity contribution in [2.75, 3.05) is 0 Å². The number of rotatable bonds is 4. The molecule has 7 rings (SSSR count). The molecule has 3 nitrogen and oxygen atoms in total. The number of carbonyl (C=O) groups is 1. The molecule has 6 heteroatoms. The fourth-order valence-electron chi connectivity index (χ4n) is 9.17. The van der Waals surface area contributed by atoms with Crippen LogP contribution in [0.5, 0.6) is 0 Å². The second kappa shape index (κ2) is 4.50. The van der Waals surface area contributed by atoms with Gasteiger partial charge in [0.1, 0.15) is 0 Å². The fourth-order valence-corrected chi connectivity index (χ4v) is 9.17. The van der Waals surface area contributed by atoms with Gasteiger partial charge < -0.3 is 4.90 Å². The third-order valence-corrected chi connectivity index (χ3v) is 9.37. The average Bonchev–Trinajstić information content (AvgIpc) is 2.65. The van der Waals surface area contributed by atoms with E-state index < -0.39 is 22.6 Å². The lowest BCUT2D eigenvalue weighted by Gasteiger charge is -3.13. The minimum atomic E-state index is -4.38. The van der Waals surface area contributed by atoms with Crippen LogP contribution < -0.4 is 0 Å². The van der Waals surface area contributed by atoms with Crippen molar-refractivity contribution in [1.82, 2.24) is 4.90 Å². The third-order valence-electron chi connectivity index (χ3n) is 9.37. The summed E-state index contributed by atoms with van der Waals surface area (Å²) in [5, 5.41) is 9.84. The molecular formula is C23H23F3N2O. The van der Waals surface area contributed by atoms with E-state index in [0.29, 0.717) is 5.92 Å². The van der Waals surface area contributed by atoms with Crippen LogP contribution in [0.4, 0.5) is 13.2 Å². The zero-order valence-corrected chi connectivity index (χ0v) is 16.8. The summed E-state index contributed by atoms with van der Waals surface area (Å²) in [6.45, 7) is 8.06. The van der Waals surface area contributed by atoms with Gasteiger partial charge in [-0.15, -0.1) is 0 Å². The Kier molecular flexibility index (Phi) is 2.76. The highest BCUT2D eigenvalue weighted by atomic mass is 19.4. The van der Waals surface area contributed by atoms with Crippen LogP contribution in [0, 0.1) is 51.8 Å². The van der Waals surface area contributed by atoms with E-state index in [-0.39, 0.29) is 47.1 Å². The molecule has 29 heavy (non-hydrogen) atoms. The number of carbonyl (C=O) groups excluding carboxylic acids is 1. The first-order valence-corrected chi connectivity index (χ1v) is 10.5. The molecule has 4 unspecified atom stereocenters. The summed E-state index contributed by atoms with van der Waals surface area (Å²) in [6.07, 6.45) is -4.38. The van der Waals surface area contributed by atoms with Crippen molar-refractivity contribution < 1.29 is 18.0 Å². The molecule has 6 fully saturated rings. The molecule has 0 aliphatic heterocycles. The first kappa shape index (κ1) is 17.8. The van der Waals surface area contributed by atoms with Crippen molar-refractivity contribution >= 4 is 5.91 Å². The lowest BCUT2D eigenvalue weighted by molar-refractivity contribution is -0.640. The first-order valence-electron chi connectivity index (χ1n) is 10.5. The Hall–Kier alpha value is -2.03. The lowest BCUT2D eigenvalue weighted by atomic mass is 8.87. The van der Waals surface area contributed by atoms with Crippen molar-refractivity contribution in [3.05, 3.63) is 35.4 Å². The number of nitrogens with zero attached hydrogens (tertiary/aromatic N) is 2. The minimum Gasteiger partial charge on any atom is -0.337 e. The van der Waals surface area contributed by atoms with E-state index in [2.05, 4.69) is 6.07 Å². The summed E-state index contributed by atoms with van der Waals surface area (Å²) in [7, 11) is 0. The van der Waals surface area contributed by atoms with Gasteiger partial charge >= 0.3 is 6.18 Å². The second-order valence-electron chi connectivity index (χ2n) is 10.3. The molecule has 0 saturated heterocycles. The molecule has 6 aliphatic rings. The van der Waals surface area contributed by atoms with Gasteiger partial charge in [-0.05, 0) is 75.0 Å². The van der Waals surface area contributed by atoms with Crippen LogP contribution in [-0.4, -0.2) is 22.9 Å². The smallest absolute Gasteiger partial charge is 0.337 e. The Labute approximate surface area is 167 Å². The summed E-state index contributed by atoms with van der Waals surface area (Å²) < 4.78 is 39.2. The largest absolute Gasteiger partial charge is 0.416 e. The Bertz CT molecular complexity index is 974. The third kappa shape index (κ3) is 1.28. The van der Waals surface area contributed by atoms with Crippen molar-refractivity contribution in [2.24, 2.45) is 40.4 Å². The molecule has 0 bridgehead atoms. The lowest BCUT2D eigenvalue weighted by Crippen LogP contribution is -3.16. The maximum absolute atomic E-state index is 13.9. The van der Waals surface area contributed by atoms with Gasteiger partial charge in [0.15, 0.2) is 0 Å². The van der Waals surface area contributed by atoms with E-state index in [1.807, 2.05) is 32.6 Å². The predicted molar refractivity (Wildman–Crippen MR) is 98.2 cm³/mol. The SMILES string of the molecule is CC(C)N(C(=O)C12C3C4C1C1C4(C#N)C3C12c1ccc(C(F)(F)F)cc1)C(C)C. The second-order valence-corrected chi connectivity index (χ2v) is 10.3. The number of hydrogen-bond acceptors (Lipinski definition) is 2. The molecular weight excluding hydrogens is 377 g/mol. The number of benzene rings is 1. The highest BCUT2D eigenvalue weighted by Crippen LogP contribution is 3.14. The van der Waals surface area contributed by atoms with Gasteiger partial charge in [-0.25, -0.2) is 0 Å². The van der Waals surface area contributed by atoms with Crippen molar-refractivity contribution in [2.45, 2.75) is 51.4 Å². The molecule has 0 N–H and O–H groups in total. The van der Waals surface area contributed by atoms with Gasteiger partial charge in [-0.3, -0.25) is 4.79 Å². The highest BCUT2D eigenvalue weighted by molar-refractivity contribution is 5.97. The summed E-state index contributed by atoms with van der Waals surface area (Å²) in [4.78, 5) is 15.8. The monoisotopic (exact) mass is 400 g/mol. The first-order chi connectivity index (χ1) is 13.6. The quantitative estimate of drug-likeness (QED) is 0.759. The summed E-state index contributed by atoms with van der Waals surface area (Å²) >= 11 is 0. The summed E-state index contributed by atoms with van der Waals surface area (Å²) in [6, 6.07) is 8.09. The van der Waals surface area contributed by atoms with Crippen LogP contribution in [0.15, 0.2) is 24.3 Å². The van der Waals surface area contributed by atoms with E-state index in [1.165, 1.54) is 0 Å². The van der Waals surface area contributed by atoms with E-state index >= 15 is 0 Å². The molecule has 6 saturated carbocycles. The molecule has 6 aliphatic carbocycles. The molecule has 0 aromatic heterocycles. The van der Waals surface area contributed by atoms with Gasteiger partial charge in [0.25, 0.3) is 0 Å². The van der Waals surface area contributed by atoms with E-state index in [0.717, 1.165) is 17.7 Å². The molecule has 1 aromatic carbocycles. The van der Waals surface area contributed by atoms with Crippen LogP contribution in [0.25, 0.3) is 0 Å². The standard InChI is InChI=1S/C23H23F3N2O/c1-10(2)28(11(3)4)19(29)22-15-14-16(22)18-20(14,9-27)17(15)21(18,22)12-5-7-13(8-6-12)23(24,25)26/h5-8,10-11,14-18H,1-4H3. The van der Waals surface area contributed by atoms with Gasteiger partial charge in [0.2, 0.25) is 5.91 Å². The molecule has 0 radical (unpaired) electrons. The topological polar surface area (TPSA) is 44.1 Å². The molecule has 0 heterocycles. The summed E-state index contributed by atoms with van der Waals surface area (Å²) in [5.41, 5.74) is -1.05. The zero-order chi connectivity index (χ0) is 20.9. The maximum atomic E-state index is 13.9. The number of hydrogen-bond donors (Lipinski definition) is 0. The van der Waals surface area contributed by atoms with Gasteiger partial charge in [-0.2, -0.15) is 18.4 Å². The van der Waals surface area contributed by atoms with Crippen molar-refractivity contribution in [3.63, 3.8) is 0 Å². The van der Waals surface area contributed by atoms with E-state index in [4.69, 9.17) is 0 Å². The Morgan fingerprint density at radius 1 is 1.03 bits per heavy atom. The van der Waals surface area contributed by atoms with Gasteiger partial charge in [-0.1, -0.05) is 12.1 Å². The number of nitriles is 1. The van der Waals surface area contributed by atoms with Crippen LogP contribution in [0.3, 0.4) is 0 Å². The molecule has 1 aromatic rings. The molecule has 4 atom stereocenters. The Balaban J connectivity index is 1.44. The zero-order valence-electron chi connectivity index (χ0n) is 16.8. The average molecular weight is 400 g/mol. The van der Waals surface area contributed by atoms with Crippen LogP contribution in [0.2, 0.25) is 0 Å². The number of halogens is 3. The highest BCUT2D eigenvalue weighted by Gasteiger charge is 3.17. The fraction of sp³-hybridized carbons (Fsp3) is 0.652. The minimum absolute atomic E-state index is 0.0673. The van der Waals surface area contributed by atoms with Crippen molar-refractivity contribution in [1.29, 1.82) is 5.26 Å². The number of amides is 1.